The fraction of sp³-hybridized carbons (Fsp3) is 0. The van der Waals surface area contributed by atoms with Gasteiger partial charge in [0.1, 0.15) is 0 Å². The van der Waals surface area contributed by atoms with Gasteiger partial charge in [-0.25, -0.2) is 15.0 Å². The van der Waals surface area contributed by atoms with Crippen molar-refractivity contribution in [1.82, 2.24) is 15.0 Å². The van der Waals surface area contributed by atoms with Crippen LogP contribution in [0, 0.1) is 0 Å². The second kappa shape index (κ2) is 7.63. The van der Waals surface area contributed by atoms with Gasteiger partial charge in [-0.2, -0.15) is 0 Å². The number of nitrogens with zero attached hydrogens (tertiary/aromatic N) is 3. The number of aromatic nitrogens is 3. The summed E-state index contributed by atoms with van der Waals surface area (Å²) in [5.74, 6) is 4.48. The fourth-order valence-electron chi connectivity index (χ4n) is 3.60. The van der Waals surface area contributed by atoms with E-state index in [1.54, 1.807) is 0 Å². The van der Waals surface area contributed by atoms with Gasteiger partial charge in [-0.15, -0.1) is 0 Å². The SMILES string of the molecule is c1ccc(-c2nc(-c3ccccc3)nc(-c3ccc4c(c3)Oc3ccccc3O4)n2)cc1. The molecule has 0 saturated heterocycles. The number of ether oxygens (including phenoxy) is 2. The fourth-order valence-corrected chi connectivity index (χ4v) is 3.60. The molecule has 6 rings (SSSR count). The molecule has 0 unspecified atom stereocenters. The molecule has 0 spiro atoms. The van der Waals surface area contributed by atoms with Crippen molar-refractivity contribution in [3.05, 3.63) is 103 Å². The quantitative estimate of drug-likeness (QED) is 0.319. The third-order valence-electron chi connectivity index (χ3n) is 5.19. The predicted octanol–water partition coefficient (Wildman–Crippen LogP) is 6.77. The van der Waals surface area contributed by atoms with Gasteiger partial charge in [0.05, 0.1) is 0 Å². The van der Waals surface area contributed by atoms with E-state index < -0.39 is 0 Å². The van der Waals surface area contributed by atoms with Crippen molar-refractivity contribution >= 4 is 0 Å². The Kier molecular flexibility index (Phi) is 4.36. The Morgan fingerprint density at radius 1 is 0.375 bits per heavy atom. The lowest BCUT2D eigenvalue weighted by molar-refractivity contribution is 0.360. The van der Waals surface area contributed by atoms with Crippen molar-refractivity contribution in [1.29, 1.82) is 0 Å². The van der Waals surface area contributed by atoms with Crippen LogP contribution in [0.5, 0.6) is 23.0 Å². The van der Waals surface area contributed by atoms with Gasteiger partial charge in [0.15, 0.2) is 40.5 Å². The van der Waals surface area contributed by atoms with E-state index in [1.165, 1.54) is 0 Å². The van der Waals surface area contributed by atoms with Gasteiger partial charge in [-0.05, 0) is 30.3 Å². The summed E-state index contributed by atoms with van der Waals surface area (Å²) in [5.41, 5.74) is 2.68. The molecule has 0 N–H and O–H groups in total. The Hall–Kier alpha value is -4.51. The number of para-hydroxylation sites is 2. The summed E-state index contributed by atoms with van der Waals surface area (Å²) in [7, 11) is 0. The second-order valence-electron chi connectivity index (χ2n) is 7.35. The summed E-state index contributed by atoms with van der Waals surface area (Å²) in [6.07, 6.45) is 0. The van der Waals surface area contributed by atoms with Gasteiger partial charge in [0.25, 0.3) is 0 Å². The monoisotopic (exact) mass is 415 g/mol. The minimum absolute atomic E-state index is 0.572. The molecule has 0 bridgehead atoms. The molecule has 0 amide bonds. The maximum Gasteiger partial charge on any atom is 0.170 e. The largest absolute Gasteiger partial charge is 0.450 e. The van der Waals surface area contributed by atoms with Crippen molar-refractivity contribution in [3.8, 4) is 57.2 Å². The molecule has 0 atom stereocenters. The third kappa shape index (κ3) is 3.36. The molecule has 5 heteroatoms. The lowest BCUT2D eigenvalue weighted by Crippen LogP contribution is -2.02. The van der Waals surface area contributed by atoms with E-state index >= 15 is 0 Å². The van der Waals surface area contributed by atoms with Gasteiger partial charge >= 0.3 is 0 Å². The van der Waals surface area contributed by atoms with E-state index in [0.29, 0.717) is 40.5 Å². The average Bonchev–Trinajstić information content (AvgIpc) is 2.88. The molecule has 152 valence electrons. The number of benzene rings is 4. The summed E-state index contributed by atoms with van der Waals surface area (Å²) in [6.45, 7) is 0. The highest BCUT2D eigenvalue weighted by Gasteiger charge is 2.20. The first-order valence-corrected chi connectivity index (χ1v) is 10.3. The highest BCUT2D eigenvalue weighted by atomic mass is 16.6. The molecule has 0 saturated carbocycles. The Morgan fingerprint density at radius 2 is 0.812 bits per heavy atom. The van der Waals surface area contributed by atoms with Gasteiger partial charge in [-0.1, -0.05) is 72.8 Å². The maximum absolute atomic E-state index is 6.07. The number of hydrogen-bond donors (Lipinski definition) is 0. The molecule has 0 radical (unpaired) electrons. The van der Waals surface area contributed by atoms with E-state index in [9.17, 15) is 0 Å². The lowest BCUT2D eigenvalue weighted by atomic mass is 10.1. The summed E-state index contributed by atoms with van der Waals surface area (Å²) < 4.78 is 12.0. The smallest absolute Gasteiger partial charge is 0.170 e. The topological polar surface area (TPSA) is 57.1 Å². The van der Waals surface area contributed by atoms with Crippen LogP contribution in [0.3, 0.4) is 0 Å². The molecule has 0 fully saturated rings. The van der Waals surface area contributed by atoms with Crippen LogP contribution in [-0.4, -0.2) is 15.0 Å². The zero-order chi connectivity index (χ0) is 21.3. The molecule has 4 aromatic carbocycles. The van der Waals surface area contributed by atoms with Crippen molar-refractivity contribution in [2.45, 2.75) is 0 Å². The molecule has 5 nitrogen and oxygen atoms in total. The maximum atomic E-state index is 6.07. The van der Waals surface area contributed by atoms with Crippen LogP contribution in [0.1, 0.15) is 0 Å². The molecule has 1 aliphatic rings. The minimum atomic E-state index is 0.572. The van der Waals surface area contributed by atoms with E-state index in [2.05, 4.69) is 0 Å². The Morgan fingerprint density at radius 3 is 1.38 bits per heavy atom. The zero-order valence-corrected chi connectivity index (χ0v) is 17.0. The van der Waals surface area contributed by atoms with Gasteiger partial charge in [0.2, 0.25) is 0 Å². The predicted molar refractivity (Wildman–Crippen MR) is 123 cm³/mol. The summed E-state index contributed by atoms with van der Waals surface area (Å²) in [6, 6.07) is 33.2. The third-order valence-corrected chi connectivity index (χ3v) is 5.19. The molecule has 5 aromatic rings. The van der Waals surface area contributed by atoms with E-state index in [-0.39, 0.29) is 0 Å². The number of hydrogen-bond acceptors (Lipinski definition) is 5. The van der Waals surface area contributed by atoms with Crippen LogP contribution in [0.15, 0.2) is 103 Å². The molecule has 2 heterocycles. The molecular weight excluding hydrogens is 398 g/mol. The summed E-state index contributed by atoms with van der Waals surface area (Å²) in [4.78, 5) is 14.3. The Labute approximate surface area is 185 Å². The number of fused-ring (bicyclic) bond motifs is 2. The van der Waals surface area contributed by atoms with Crippen LogP contribution in [0.25, 0.3) is 34.2 Å². The Bertz CT molecular complexity index is 1360. The first kappa shape index (κ1) is 18.3. The normalized spacial score (nSPS) is 11.6. The van der Waals surface area contributed by atoms with Crippen LogP contribution in [0.4, 0.5) is 0 Å². The highest BCUT2D eigenvalue weighted by Crippen LogP contribution is 2.46. The van der Waals surface area contributed by atoms with Gasteiger partial charge in [-0.3, -0.25) is 0 Å². The second-order valence-corrected chi connectivity index (χ2v) is 7.35. The highest BCUT2D eigenvalue weighted by molar-refractivity contribution is 5.69. The number of rotatable bonds is 3. The van der Waals surface area contributed by atoms with Crippen molar-refractivity contribution < 1.29 is 9.47 Å². The zero-order valence-electron chi connectivity index (χ0n) is 17.0. The van der Waals surface area contributed by atoms with Crippen molar-refractivity contribution in [3.63, 3.8) is 0 Å². The van der Waals surface area contributed by atoms with Crippen LogP contribution >= 0.6 is 0 Å². The first-order valence-electron chi connectivity index (χ1n) is 10.3. The standard InChI is InChI=1S/C27H17N3O2/c1-3-9-18(10-4-1)25-28-26(19-11-5-2-6-12-19)30-27(29-25)20-15-16-23-24(17-20)32-22-14-8-7-13-21(22)31-23/h1-17H. The molecule has 32 heavy (non-hydrogen) atoms. The van der Waals surface area contributed by atoms with Gasteiger partial charge in [0, 0.05) is 16.7 Å². The van der Waals surface area contributed by atoms with Crippen molar-refractivity contribution in [2.75, 3.05) is 0 Å². The molecule has 0 aliphatic carbocycles. The molecule has 1 aliphatic heterocycles. The van der Waals surface area contributed by atoms with E-state index in [1.807, 2.05) is 103 Å². The van der Waals surface area contributed by atoms with E-state index in [4.69, 9.17) is 24.4 Å². The van der Waals surface area contributed by atoms with E-state index in [0.717, 1.165) is 16.7 Å². The van der Waals surface area contributed by atoms with Gasteiger partial charge < -0.3 is 9.47 Å². The molecule has 1 aromatic heterocycles. The molecular formula is C27H17N3O2. The van der Waals surface area contributed by atoms with Crippen molar-refractivity contribution in [2.24, 2.45) is 0 Å². The average molecular weight is 415 g/mol. The Balaban J connectivity index is 1.47. The van der Waals surface area contributed by atoms with Crippen LogP contribution < -0.4 is 9.47 Å². The summed E-state index contributed by atoms with van der Waals surface area (Å²) in [5, 5.41) is 0. The van der Waals surface area contributed by atoms with Crippen LogP contribution in [0.2, 0.25) is 0 Å². The minimum Gasteiger partial charge on any atom is -0.450 e. The summed E-state index contributed by atoms with van der Waals surface area (Å²) >= 11 is 0. The lowest BCUT2D eigenvalue weighted by Gasteiger charge is -2.20. The van der Waals surface area contributed by atoms with Crippen LogP contribution in [-0.2, 0) is 0 Å². The first-order chi connectivity index (χ1) is 15.8.